The molecule has 0 spiro atoms. The van der Waals surface area contributed by atoms with Gasteiger partial charge in [0.05, 0.1) is 0 Å². The summed E-state index contributed by atoms with van der Waals surface area (Å²) < 4.78 is 10.9. The number of rotatable bonds is 6. The van der Waals surface area contributed by atoms with Crippen LogP contribution in [0, 0.1) is 0 Å². The molecule has 0 aliphatic rings. The third kappa shape index (κ3) is 3.69. The first-order valence-electron chi connectivity index (χ1n) is 3.91. The van der Waals surface area contributed by atoms with Gasteiger partial charge in [0, 0.05) is 25.6 Å². The molecule has 0 saturated carbocycles. The maximum Gasteiger partial charge on any atom is 0.338 e. The lowest BCUT2D eigenvalue weighted by Crippen LogP contribution is -2.39. The molecular formula is C7H17BrO2Si. The van der Waals surface area contributed by atoms with Gasteiger partial charge in [-0.1, -0.05) is 29.3 Å². The van der Waals surface area contributed by atoms with E-state index in [1.165, 1.54) is 0 Å². The van der Waals surface area contributed by atoms with Gasteiger partial charge in [-0.25, -0.2) is 0 Å². The maximum atomic E-state index is 5.45. The Labute approximate surface area is 78.7 Å². The molecule has 68 valence electrons. The Hall–Kier alpha value is 0.617. The quantitative estimate of drug-likeness (QED) is 0.525. The van der Waals surface area contributed by atoms with E-state index in [9.17, 15) is 0 Å². The van der Waals surface area contributed by atoms with Crippen LogP contribution in [0.25, 0.3) is 0 Å². The topological polar surface area (TPSA) is 18.5 Å². The highest BCUT2D eigenvalue weighted by molar-refractivity contribution is 9.09. The molecule has 0 saturated heterocycles. The number of hydrogen-bond donors (Lipinski definition) is 0. The first kappa shape index (κ1) is 11.6. The molecule has 0 radical (unpaired) electrons. The summed E-state index contributed by atoms with van der Waals surface area (Å²) >= 11 is 3.41. The second kappa shape index (κ2) is 6.17. The van der Waals surface area contributed by atoms with E-state index in [0.717, 1.165) is 23.8 Å². The SMILES string of the molecule is CCC[Si](CCBr)(OC)OC. The van der Waals surface area contributed by atoms with Gasteiger partial charge < -0.3 is 8.85 Å². The summed E-state index contributed by atoms with van der Waals surface area (Å²) in [5.41, 5.74) is 0. The molecule has 0 bridgehead atoms. The van der Waals surface area contributed by atoms with E-state index >= 15 is 0 Å². The van der Waals surface area contributed by atoms with Crippen LogP contribution in [0.2, 0.25) is 12.1 Å². The Kier molecular flexibility index (Phi) is 6.51. The van der Waals surface area contributed by atoms with Crippen molar-refractivity contribution in [2.45, 2.75) is 25.4 Å². The second-order valence-corrected chi connectivity index (χ2v) is 6.94. The van der Waals surface area contributed by atoms with Crippen LogP contribution in [0.1, 0.15) is 13.3 Å². The highest BCUT2D eigenvalue weighted by atomic mass is 79.9. The van der Waals surface area contributed by atoms with Crippen molar-refractivity contribution < 1.29 is 8.85 Å². The summed E-state index contributed by atoms with van der Waals surface area (Å²) in [6, 6.07) is 2.12. The molecule has 0 aliphatic heterocycles. The maximum absolute atomic E-state index is 5.45. The first-order chi connectivity index (χ1) is 5.24. The van der Waals surface area contributed by atoms with Crippen molar-refractivity contribution in [3.8, 4) is 0 Å². The predicted molar refractivity (Wildman–Crippen MR) is 53.5 cm³/mol. The van der Waals surface area contributed by atoms with Gasteiger partial charge in [0.25, 0.3) is 0 Å². The molecule has 11 heavy (non-hydrogen) atoms. The summed E-state index contributed by atoms with van der Waals surface area (Å²) in [7, 11) is 1.73. The van der Waals surface area contributed by atoms with Crippen molar-refractivity contribution in [2.75, 3.05) is 19.5 Å². The van der Waals surface area contributed by atoms with Gasteiger partial charge in [0.1, 0.15) is 0 Å². The lowest BCUT2D eigenvalue weighted by atomic mass is 10.6. The molecule has 0 aromatic carbocycles. The monoisotopic (exact) mass is 240 g/mol. The predicted octanol–water partition coefficient (Wildman–Crippen LogP) is 2.53. The minimum absolute atomic E-state index is 0.973. The third-order valence-corrected chi connectivity index (χ3v) is 6.74. The largest absolute Gasteiger partial charge is 0.398 e. The summed E-state index contributed by atoms with van der Waals surface area (Å²) in [5.74, 6) is 0. The standard InChI is InChI=1S/C7H17BrO2Si/c1-4-6-11(9-2,10-3)7-5-8/h4-7H2,1-3H3. The van der Waals surface area contributed by atoms with E-state index in [4.69, 9.17) is 8.85 Å². The van der Waals surface area contributed by atoms with Gasteiger partial charge in [0.15, 0.2) is 0 Å². The van der Waals surface area contributed by atoms with E-state index < -0.39 is 8.56 Å². The summed E-state index contributed by atoms with van der Waals surface area (Å²) in [6.45, 7) is 2.16. The van der Waals surface area contributed by atoms with Crippen molar-refractivity contribution in [3.63, 3.8) is 0 Å². The van der Waals surface area contributed by atoms with Crippen LogP contribution in [-0.2, 0) is 8.85 Å². The first-order valence-corrected chi connectivity index (χ1v) is 7.26. The molecule has 0 aromatic rings. The van der Waals surface area contributed by atoms with Gasteiger partial charge in [0.2, 0.25) is 0 Å². The van der Waals surface area contributed by atoms with E-state index in [0.29, 0.717) is 0 Å². The van der Waals surface area contributed by atoms with Crippen LogP contribution in [0.4, 0.5) is 0 Å². The fraction of sp³-hybridized carbons (Fsp3) is 1.00. The molecule has 0 amide bonds. The fourth-order valence-corrected chi connectivity index (χ4v) is 5.24. The molecule has 0 heterocycles. The van der Waals surface area contributed by atoms with Crippen molar-refractivity contribution in [3.05, 3.63) is 0 Å². The zero-order chi connectivity index (χ0) is 8.74. The minimum Gasteiger partial charge on any atom is -0.398 e. The highest BCUT2D eigenvalue weighted by Gasteiger charge is 2.33. The van der Waals surface area contributed by atoms with Crippen LogP contribution >= 0.6 is 15.9 Å². The molecule has 0 atom stereocenters. The molecule has 4 heteroatoms. The van der Waals surface area contributed by atoms with Gasteiger partial charge in [-0.15, -0.1) is 0 Å². The number of halogens is 1. The zero-order valence-electron chi connectivity index (χ0n) is 7.52. The highest BCUT2D eigenvalue weighted by Crippen LogP contribution is 2.19. The molecule has 0 unspecified atom stereocenters. The van der Waals surface area contributed by atoms with Crippen LogP contribution in [0.5, 0.6) is 0 Å². The van der Waals surface area contributed by atoms with Gasteiger partial charge >= 0.3 is 8.56 Å². The minimum atomic E-state index is -1.79. The molecule has 0 aliphatic carbocycles. The van der Waals surface area contributed by atoms with Crippen LogP contribution in [0.3, 0.4) is 0 Å². The van der Waals surface area contributed by atoms with Gasteiger partial charge in [-0.05, 0) is 6.04 Å². The van der Waals surface area contributed by atoms with Crippen molar-refractivity contribution in [2.24, 2.45) is 0 Å². The summed E-state index contributed by atoms with van der Waals surface area (Å²) in [6.07, 6.45) is 1.14. The molecule has 0 N–H and O–H groups in total. The van der Waals surface area contributed by atoms with E-state index in [-0.39, 0.29) is 0 Å². The molecule has 2 nitrogen and oxygen atoms in total. The second-order valence-electron chi connectivity index (χ2n) is 2.51. The average Bonchev–Trinajstić information content (AvgIpc) is 2.04. The average molecular weight is 241 g/mol. The third-order valence-electron chi connectivity index (χ3n) is 1.85. The Bertz CT molecular complexity index is 88.4. The Balaban J connectivity index is 3.96. The van der Waals surface area contributed by atoms with Crippen LogP contribution in [0.15, 0.2) is 0 Å². The van der Waals surface area contributed by atoms with E-state index in [2.05, 4.69) is 22.9 Å². The number of hydrogen-bond acceptors (Lipinski definition) is 2. The van der Waals surface area contributed by atoms with Gasteiger partial charge in [-0.2, -0.15) is 0 Å². The Morgan fingerprint density at radius 3 is 2.00 bits per heavy atom. The Morgan fingerprint density at radius 1 is 1.18 bits per heavy atom. The van der Waals surface area contributed by atoms with Crippen LogP contribution in [-0.4, -0.2) is 28.1 Å². The lowest BCUT2D eigenvalue weighted by Gasteiger charge is -2.25. The molecular weight excluding hydrogens is 224 g/mol. The number of alkyl halides is 1. The smallest absolute Gasteiger partial charge is 0.338 e. The van der Waals surface area contributed by atoms with E-state index in [1.807, 2.05) is 0 Å². The van der Waals surface area contributed by atoms with Gasteiger partial charge in [-0.3, -0.25) is 0 Å². The molecule has 0 aromatic heterocycles. The van der Waals surface area contributed by atoms with Crippen molar-refractivity contribution in [1.29, 1.82) is 0 Å². The zero-order valence-corrected chi connectivity index (χ0v) is 10.1. The molecule has 0 rings (SSSR count). The summed E-state index contributed by atoms with van der Waals surface area (Å²) in [4.78, 5) is 0. The normalized spacial score (nSPS) is 12.0. The van der Waals surface area contributed by atoms with Crippen molar-refractivity contribution in [1.82, 2.24) is 0 Å². The Morgan fingerprint density at radius 2 is 1.73 bits per heavy atom. The van der Waals surface area contributed by atoms with Crippen molar-refractivity contribution >= 4 is 24.5 Å². The van der Waals surface area contributed by atoms with Crippen LogP contribution < -0.4 is 0 Å². The summed E-state index contributed by atoms with van der Waals surface area (Å²) in [5, 5.41) is 0.973. The molecule has 0 fully saturated rings. The lowest BCUT2D eigenvalue weighted by molar-refractivity contribution is 0.243. The van der Waals surface area contributed by atoms with E-state index in [1.54, 1.807) is 14.2 Å². The fourth-order valence-electron chi connectivity index (χ4n) is 1.14.